The van der Waals surface area contributed by atoms with Gasteiger partial charge in [0.15, 0.2) is 5.78 Å². The molecule has 0 amide bonds. The maximum atomic E-state index is 13.6. The zero-order chi connectivity index (χ0) is 28.4. The fourth-order valence-electron chi connectivity index (χ4n) is 4.91. The van der Waals surface area contributed by atoms with E-state index in [1.54, 1.807) is 53.8 Å². The van der Waals surface area contributed by atoms with Crippen LogP contribution in [0.4, 0.5) is 5.69 Å². The summed E-state index contributed by atoms with van der Waals surface area (Å²) >= 11 is 0. The molecule has 2 N–H and O–H groups in total. The number of carbonyl (C=O) groups is 1. The number of fused-ring (bicyclic) bond motifs is 1. The molecule has 3 aromatic carbocycles. The first-order chi connectivity index (χ1) is 19.3. The quantitative estimate of drug-likeness (QED) is 0.279. The van der Waals surface area contributed by atoms with Crippen molar-refractivity contribution in [3.63, 3.8) is 0 Å². The van der Waals surface area contributed by atoms with E-state index in [1.165, 1.54) is 4.57 Å². The highest BCUT2D eigenvalue weighted by atomic mass is 16.3. The molecule has 0 aliphatic heterocycles. The third kappa shape index (κ3) is 4.87. The molecule has 0 spiro atoms. The molecule has 0 aliphatic rings. The van der Waals surface area contributed by atoms with Crippen LogP contribution in [-0.2, 0) is 14.1 Å². The van der Waals surface area contributed by atoms with Crippen molar-refractivity contribution in [2.75, 3.05) is 5.32 Å². The number of hydrogen-bond acceptors (Lipinski definition) is 5. The molecular formula is C32H30N4O4. The van der Waals surface area contributed by atoms with E-state index in [-0.39, 0.29) is 23.3 Å². The van der Waals surface area contributed by atoms with Crippen LogP contribution in [0.15, 0.2) is 101 Å². The summed E-state index contributed by atoms with van der Waals surface area (Å²) < 4.78 is 4.68. The van der Waals surface area contributed by atoms with Gasteiger partial charge >= 0.3 is 0 Å². The highest BCUT2D eigenvalue weighted by Crippen LogP contribution is 2.27. The number of hydrogen-bond donors (Lipinski definition) is 2. The molecule has 2 heterocycles. The summed E-state index contributed by atoms with van der Waals surface area (Å²) in [5, 5.41) is 14.6. The van der Waals surface area contributed by atoms with Crippen molar-refractivity contribution >= 4 is 28.4 Å². The van der Waals surface area contributed by atoms with Crippen LogP contribution < -0.4 is 16.4 Å². The highest BCUT2D eigenvalue weighted by molar-refractivity contribution is 6.04. The Hall–Kier alpha value is -5.11. The molecule has 40 heavy (non-hydrogen) atoms. The summed E-state index contributed by atoms with van der Waals surface area (Å²) in [5.41, 5.74) is 2.08. The first-order valence-corrected chi connectivity index (χ1v) is 13.0. The number of para-hydroxylation sites is 2. The molecule has 0 saturated carbocycles. The number of aromatic nitrogens is 3. The fourth-order valence-corrected chi connectivity index (χ4v) is 4.91. The van der Waals surface area contributed by atoms with Crippen LogP contribution in [0, 0.1) is 6.92 Å². The van der Waals surface area contributed by atoms with Crippen LogP contribution in [0.1, 0.15) is 28.0 Å². The molecule has 0 bridgehead atoms. The lowest BCUT2D eigenvalue weighted by Crippen LogP contribution is -2.30. The number of aromatic hydroxyl groups is 1. The average Bonchev–Trinajstić information content (AvgIpc) is 3.18. The van der Waals surface area contributed by atoms with Gasteiger partial charge < -0.3 is 15.0 Å². The van der Waals surface area contributed by atoms with Gasteiger partial charge in [0.2, 0.25) is 0 Å². The molecule has 8 nitrogen and oxygen atoms in total. The molecule has 5 rings (SSSR count). The number of nitrogens with one attached hydrogen (secondary N) is 1. The maximum absolute atomic E-state index is 13.6. The van der Waals surface area contributed by atoms with Crippen molar-refractivity contribution in [1.82, 2.24) is 13.9 Å². The lowest BCUT2D eigenvalue weighted by molar-refractivity contribution is 0.0976. The van der Waals surface area contributed by atoms with Gasteiger partial charge in [0, 0.05) is 25.9 Å². The van der Waals surface area contributed by atoms with Crippen molar-refractivity contribution in [2.24, 2.45) is 14.1 Å². The minimum Gasteiger partial charge on any atom is -0.506 e. The Morgan fingerprint density at radius 1 is 0.900 bits per heavy atom. The maximum Gasteiger partial charge on any atom is 0.295 e. The van der Waals surface area contributed by atoms with E-state index in [4.69, 9.17) is 0 Å². The first kappa shape index (κ1) is 26.5. The Kier molecular flexibility index (Phi) is 7.25. The lowest BCUT2D eigenvalue weighted by atomic mass is 10.0. The Labute approximate surface area is 231 Å². The topological polar surface area (TPSA) is 98.3 Å². The molecule has 202 valence electrons. The van der Waals surface area contributed by atoms with Gasteiger partial charge in [0.05, 0.1) is 22.9 Å². The SMILES string of the molecule is Cc1c(N[C@H](/C=C/c2ccccc2)CC(=O)c2c(O)c3ccccc3n(C)c2=O)c(=O)n(-c2ccccc2)n1C. The number of nitrogens with zero attached hydrogens (tertiary/aromatic N) is 3. The molecule has 0 unspecified atom stereocenters. The summed E-state index contributed by atoms with van der Waals surface area (Å²) in [7, 11) is 3.37. The summed E-state index contributed by atoms with van der Waals surface area (Å²) in [6.07, 6.45) is 3.50. The Bertz CT molecular complexity index is 1850. The Morgan fingerprint density at radius 3 is 2.23 bits per heavy atom. The number of carbonyl (C=O) groups excluding carboxylic acids is 1. The number of aryl methyl sites for hydroxylation is 1. The normalized spacial score (nSPS) is 12.2. The number of anilines is 1. The third-order valence-corrected chi connectivity index (χ3v) is 7.16. The molecule has 8 heteroatoms. The van der Waals surface area contributed by atoms with E-state index in [1.807, 2.05) is 73.7 Å². The van der Waals surface area contributed by atoms with Crippen LogP contribution in [0.5, 0.6) is 5.75 Å². The van der Waals surface area contributed by atoms with Gasteiger partial charge in [-0.2, -0.15) is 0 Å². The third-order valence-electron chi connectivity index (χ3n) is 7.16. The Morgan fingerprint density at radius 2 is 1.52 bits per heavy atom. The number of Topliss-reactive ketones (excluding diaryl/α,β-unsaturated/α-hetero) is 1. The van der Waals surface area contributed by atoms with Crippen LogP contribution in [-0.4, -0.2) is 30.9 Å². The molecule has 2 aromatic heterocycles. The zero-order valence-electron chi connectivity index (χ0n) is 22.5. The van der Waals surface area contributed by atoms with Crippen molar-refractivity contribution in [1.29, 1.82) is 0 Å². The molecule has 0 fully saturated rings. The van der Waals surface area contributed by atoms with Gasteiger partial charge in [-0.1, -0.05) is 72.8 Å². The van der Waals surface area contributed by atoms with Gasteiger partial charge in [0.1, 0.15) is 17.0 Å². The van der Waals surface area contributed by atoms with Gasteiger partial charge in [-0.15, -0.1) is 0 Å². The van der Waals surface area contributed by atoms with E-state index in [0.717, 1.165) is 5.56 Å². The van der Waals surface area contributed by atoms with E-state index in [0.29, 0.717) is 28.0 Å². The summed E-state index contributed by atoms with van der Waals surface area (Å²) in [4.78, 5) is 40.3. The predicted octanol–water partition coefficient (Wildman–Crippen LogP) is 4.81. The Balaban J connectivity index is 1.55. The lowest BCUT2D eigenvalue weighted by Gasteiger charge is -2.16. The minimum absolute atomic E-state index is 0.163. The van der Waals surface area contributed by atoms with Gasteiger partial charge in [-0.3, -0.25) is 19.1 Å². The largest absolute Gasteiger partial charge is 0.506 e. The van der Waals surface area contributed by atoms with Crippen molar-refractivity contribution in [3.05, 3.63) is 129 Å². The molecule has 0 saturated heterocycles. The van der Waals surface area contributed by atoms with Crippen LogP contribution in [0.3, 0.4) is 0 Å². The van der Waals surface area contributed by atoms with Gasteiger partial charge in [-0.05, 0) is 36.8 Å². The van der Waals surface area contributed by atoms with Gasteiger partial charge in [-0.25, -0.2) is 4.68 Å². The van der Waals surface area contributed by atoms with E-state index >= 15 is 0 Å². The van der Waals surface area contributed by atoms with Crippen LogP contribution >= 0.6 is 0 Å². The molecule has 5 aromatic rings. The summed E-state index contributed by atoms with van der Waals surface area (Å²) in [5.74, 6) is -0.868. The van der Waals surface area contributed by atoms with E-state index < -0.39 is 17.4 Å². The molecule has 0 aliphatic carbocycles. The van der Waals surface area contributed by atoms with Gasteiger partial charge in [0.25, 0.3) is 11.1 Å². The fraction of sp³-hybridized carbons (Fsp3) is 0.156. The molecular weight excluding hydrogens is 504 g/mol. The van der Waals surface area contributed by atoms with Crippen LogP contribution in [0.2, 0.25) is 0 Å². The minimum atomic E-state index is -0.652. The second-order valence-electron chi connectivity index (χ2n) is 9.69. The van der Waals surface area contributed by atoms with E-state index in [2.05, 4.69) is 5.32 Å². The molecule has 0 radical (unpaired) electrons. The second kappa shape index (κ2) is 10.9. The van der Waals surface area contributed by atoms with Crippen molar-refractivity contribution in [3.8, 4) is 11.4 Å². The monoisotopic (exact) mass is 534 g/mol. The summed E-state index contributed by atoms with van der Waals surface area (Å²) in [6.45, 7) is 1.83. The van der Waals surface area contributed by atoms with Crippen LogP contribution in [0.25, 0.3) is 22.7 Å². The number of ketones is 1. The number of benzene rings is 3. The van der Waals surface area contributed by atoms with E-state index in [9.17, 15) is 19.5 Å². The highest BCUT2D eigenvalue weighted by Gasteiger charge is 2.25. The standard InChI is InChI=1S/C32H30N4O4/c1-21-29(32(40)36(35(21)3)24-14-8-5-9-15-24)33-23(19-18-22-12-6-4-7-13-22)20-27(37)28-30(38)25-16-10-11-17-26(25)34(2)31(28)39/h4-19,23,33,38H,20H2,1-3H3/b19-18+/t23-/m1/s1. The predicted molar refractivity (Wildman–Crippen MR) is 158 cm³/mol. The zero-order valence-corrected chi connectivity index (χ0v) is 22.5. The second-order valence-corrected chi connectivity index (χ2v) is 9.69. The van der Waals surface area contributed by atoms with Crippen molar-refractivity contribution in [2.45, 2.75) is 19.4 Å². The summed E-state index contributed by atoms with van der Waals surface area (Å²) in [6, 6.07) is 25.1. The molecule has 1 atom stereocenters. The van der Waals surface area contributed by atoms with Crippen molar-refractivity contribution < 1.29 is 9.90 Å². The number of pyridine rings is 1. The number of rotatable bonds is 8. The first-order valence-electron chi connectivity index (χ1n) is 13.0. The smallest absolute Gasteiger partial charge is 0.295 e. The average molecular weight is 535 g/mol.